The molecule has 1 aromatic carbocycles. The summed E-state index contributed by atoms with van der Waals surface area (Å²) in [6.07, 6.45) is 3.50. The highest BCUT2D eigenvalue weighted by Crippen LogP contribution is 1.82. The van der Waals surface area contributed by atoms with E-state index in [1.165, 1.54) is 0 Å². The van der Waals surface area contributed by atoms with E-state index in [0.717, 1.165) is 0 Å². The highest BCUT2D eigenvalue weighted by atomic mass is 16.4. The molecule has 0 atom stereocenters. The van der Waals surface area contributed by atoms with Gasteiger partial charge in [0.25, 0.3) is 0 Å². The van der Waals surface area contributed by atoms with Crippen LogP contribution in [0, 0.1) is 0 Å². The highest BCUT2D eigenvalue weighted by molar-refractivity contribution is 6.58. The standard InChI is InChI=1S/C6H7BO2.C5H5N/c8-7(9)6-4-2-1-3-5-6;1-2-4-6-5-3-1/h1-5,8-9H;1-5H. The Balaban J connectivity index is 0.000000162. The summed E-state index contributed by atoms with van der Waals surface area (Å²) in [6, 6.07) is 14.4. The Morgan fingerprint density at radius 1 is 0.800 bits per heavy atom. The van der Waals surface area contributed by atoms with Gasteiger partial charge in [-0.3, -0.25) is 4.98 Å². The van der Waals surface area contributed by atoms with E-state index < -0.39 is 7.12 Å². The largest absolute Gasteiger partial charge is 0.488 e. The van der Waals surface area contributed by atoms with E-state index in [-0.39, 0.29) is 0 Å². The molecule has 0 bridgehead atoms. The number of aromatic nitrogens is 1. The summed E-state index contributed by atoms with van der Waals surface area (Å²) in [5, 5.41) is 17.2. The van der Waals surface area contributed by atoms with Crippen LogP contribution in [0.25, 0.3) is 0 Å². The lowest BCUT2D eigenvalue weighted by atomic mass is 9.81. The highest BCUT2D eigenvalue weighted by Gasteiger charge is 2.07. The minimum absolute atomic E-state index is 0.525. The molecule has 1 aromatic heterocycles. The Morgan fingerprint density at radius 2 is 1.33 bits per heavy atom. The lowest BCUT2D eigenvalue weighted by molar-refractivity contribution is 0.426. The second-order valence-electron chi connectivity index (χ2n) is 2.81. The summed E-state index contributed by atoms with van der Waals surface area (Å²) in [5.41, 5.74) is 0.525. The summed E-state index contributed by atoms with van der Waals surface area (Å²) in [5.74, 6) is 0. The Labute approximate surface area is 89.2 Å². The molecule has 2 rings (SSSR count). The Bertz CT molecular complexity index is 327. The Hall–Kier alpha value is -1.65. The van der Waals surface area contributed by atoms with Gasteiger partial charge in [0.1, 0.15) is 0 Å². The number of rotatable bonds is 1. The maximum Gasteiger partial charge on any atom is 0.488 e. The molecule has 0 fully saturated rings. The smallest absolute Gasteiger partial charge is 0.423 e. The van der Waals surface area contributed by atoms with Gasteiger partial charge in [-0.1, -0.05) is 36.4 Å². The van der Waals surface area contributed by atoms with E-state index >= 15 is 0 Å². The van der Waals surface area contributed by atoms with Gasteiger partial charge in [-0.25, -0.2) is 0 Å². The fourth-order valence-corrected chi connectivity index (χ4v) is 0.938. The zero-order valence-electron chi connectivity index (χ0n) is 8.19. The molecule has 0 radical (unpaired) electrons. The molecular formula is C11H12BNO2. The van der Waals surface area contributed by atoms with Gasteiger partial charge in [0.05, 0.1) is 0 Å². The molecule has 0 amide bonds. The molecule has 0 saturated heterocycles. The molecule has 76 valence electrons. The van der Waals surface area contributed by atoms with Crippen molar-refractivity contribution in [1.82, 2.24) is 4.98 Å². The van der Waals surface area contributed by atoms with Crippen LogP contribution in [0.15, 0.2) is 60.9 Å². The zero-order chi connectivity index (χ0) is 10.9. The van der Waals surface area contributed by atoms with E-state index in [4.69, 9.17) is 10.0 Å². The van der Waals surface area contributed by atoms with E-state index in [9.17, 15) is 0 Å². The van der Waals surface area contributed by atoms with Crippen LogP contribution in [0.2, 0.25) is 0 Å². The van der Waals surface area contributed by atoms with Gasteiger partial charge in [-0.15, -0.1) is 0 Å². The van der Waals surface area contributed by atoms with Crippen molar-refractivity contribution >= 4 is 12.6 Å². The maximum absolute atomic E-state index is 8.58. The van der Waals surface area contributed by atoms with Crippen molar-refractivity contribution in [3.63, 3.8) is 0 Å². The van der Waals surface area contributed by atoms with E-state index in [1.54, 1.807) is 36.7 Å². The van der Waals surface area contributed by atoms with E-state index in [0.29, 0.717) is 5.46 Å². The van der Waals surface area contributed by atoms with Crippen molar-refractivity contribution in [1.29, 1.82) is 0 Å². The normalized spacial score (nSPS) is 8.67. The second-order valence-corrected chi connectivity index (χ2v) is 2.81. The predicted octanol–water partition coefficient (Wildman–Crippen LogP) is 0.448. The summed E-state index contributed by atoms with van der Waals surface area (Å²) in [7, 11) is -1.34. The molecule has 0 unspecified atom stereocenters. The van der Waals surface area contributed by atoms with Crippen molar-refractivity contribution in [2.75, 3.05) is 0 Å². The first kappa shape index (κ1) is 11.4. The molecule has 0 saturated carbocycles. The van der Waals surface area contributed by atoms with Crippen molar-refractivity contribution in [2.45, 2.75) is 0 Å². The van der Waals surface area contributed by atoms with Gasteiger partial charge in [-0.05, 0) is 17.6 Å². The topological polar surface area (TPSA) is 53.4 Å². The number of hydrogen-bond acceptors (Lipinski definition) is 3. The third-order valence-electron chi connectivity index (χ3n) is 1.66. The van der Waals surface area contributed by atoms with Crippen molar-refractivity contribution in [3.8, 4) is 0 Å². The predicted molar refractivity (Wildman–Crippen MR) is 60.5 cm³/mol. The molecule has 0 aliphatic heterocycles. The molecule has 15 heavy (non-hydrogen) atoms. The van der Waals surface area contributed by atoms with Gasteiger partial charge in [0.2, 0.25) is 0 Å². The molecule has 2 N–H and O–H groups in total. The summed E-state index contributed by atoms with van der Waals surface area (Å²) in [4.78, 5) is 3.78. The second kappa shape index (κ2) is 6.76. The van der Waals surface area contributed by atoms with Crippen LogP contribution < -0.4 is 5.46 Å². The average molecular weight is 201 g/mol. The van der Waals surface area contributed by atoms with Crippen LogP contribution >= 0.6 is 0 Å². The average Bonchev–Trinajstić information content (AvgIpc) is 2.33. The Kier molecular flexibility index (Phi) is 5.15. The Morgan fingerprint density at radius 3 is 1.60 bits per heavy atom. The first-order valence-electron chi connectivity index (χ1n) is 4.57. The maximum atomic E-state index is 8.58. The zero-order valence-corrected chi connectivity index (χ0v) is 8.19. The minimum atomic E-state index is -1.34. The van der Waals surface area contributed by atoms with Gasteiger partial charge < -0.3 is 10.0 Å². The third kappa shape index (κ3) is 4.95. The van der Waals surface area contributed by atoms with Crippen LogP contribution in [0.3, 0.4) is 0 Å². The lowest BCUT2D eigenvalue weighted by Gasteiger charge is -1.94. The molecule has 1 heterocycles. The third-order valence-corrected chi connectivity index (χ3v) is 1.66. The van der Waals surface area contributed by atoms with Crippen molar-refractivity contribution in [2.24, 2.45) is 0 Å². The molecule has 4 heteroatoms. The summed E-state index contributed by atoms with van der Waals surface area (Å²) < 4.78 is 0. The van der Waals surface area contributed by atoms with Crippen LogP contribution in [-0.2, 0) is 0 Å². The van der Waals surface area contributed by atoms with Gasteiger partial charge in [0, 0.05) is 12.4 Å². The van der Waals surface area contributed by atoms with E-state index in [2.05, 4.69) is 4.98 Å². The molecule has 3 nitrogen and oxygen atoms in total. The van der Waals surface area contributed by atoms with Crippen LogP contribution in [0.1, 0.15) is 0 Å². The van der Waals surface area contributed by atoms with Crippen LogP contribution in [-0.4, -0.2) is 22.2 Å². The minimum Gasteiger partial charge on any atom is -0.423 e. The van der Waals surface area contributed by atoms with Crippen LogP contribution in [0.4, 0.5) is 0 Å². The van der Waals surface area contributed by atoms with Crippen LogP contribution in [0.5, 0.6) is 0 Å². The monoisotopic (exact) mass is 201 g/mol. The molecule has 0 aliphatic carbocycles. The first-order chi connectivity index (χ1) is 7.30. The molecule has 0 aliphatic rings. The SMILES string of the molecule is OB(O)c1ccccc1.c1ccncc1. The van der Waals surface area contributed by atoms with Crippen molar-refractivity contribution < 1.29 is 10.0 Å². The van der Waals surface area contributed by atoms with E-state index in [1.807, 2.05) is 24.3 Å². The summed E-state index contributed by atoms with van der Waals surface area (Å²) in [6.45, 7) is 0. The first-order valence-corrected chi connectivity index (χ1v) is 4.57. The molecule has 2 aromatic rings. The van der Waals surface area contributed by atoms with Gasteiger partial charge in [0.15, 0.2) is 0 Å². The molecule has 0 spiro atoms. The molecular weight excluding hydrogens is 189 g/mol. The lowest BCUT2D eigenvalue weighted by Crippen LogP contribution is -2.29. The quantitative estimate of drug-likeness (QED) is 0.658. The fourth-order valence-electron chi connectivity index (χ4n) is 0.938. The van der Waals surface area contributed by atoms with Crippen molar-refractivity contribution in [3.05, 3.63) is 60.9 Å². The number of benzene rings is 1. The number of hydrogen-bond donors (Lipinski definition) is 2. The fraction of sp³-hybridized carbons (Fsp3) is 0. The number of nitrogens with zero attached hydrogens (tertiary/aromatic N) is 1. The van der Waals surface area contributed by atoms with Gasteiger partial charge in [-0.2, -0.15) is 0 Å². The summed E-state index contributed by atoms with van der Waals surface area (Å²) >= 11 is 0. The number of pyridine rings is 1. The van der Waals surface area contributed by atoms with Gasteiger partial charge >= 0.3 is 7.12 Å².